The predicted octanol–water partition coefficient (Wildman–Crippen LogP) is 1.13. The molecule has 80 valence electrons. The fourth-order valence-corrected chi connectivity index (χ4v) is 1.85. The molecule has 1 heterocycles. The number of nitrogens with two attached hydrogens (primary N) is 1. The number of hydrogen-bond donors (Lipinski definition) is 1. The number of hydrogen-bond acceptors (Lipinski definition) is 2. The topological polar surface area (TPSA) is 55.6 Å². The van der Waals surface area contributed by atoms with Crippen LogP contribution in [0.5, 0.6) is 5.75 Å². The van der Waals surface area contributed by atoms with Gasteiger partial charge in [-0.2, -0.15) is 0 Å². The highest BCUT2D eigenvalue weighted by atomic mass is 16.5. The van der Waals surface area contributed by atoms with E-state index < -0.39 is 0 Å². The Morgan fingerprint density at radius 2 is 2.27 bits per heavy atom. The van der Waals surface area contributed by atoms with Crippen LogP contribution in [0, 0.1) is 0 Å². The number of carbonyl (C=O) groups excluding carboxylic acids is 1. The highest BCUT2D eigenvalue weighted by Crippen LogP contribution is 2.23. The van der Waals surface area contributed by atoms with Crippen LogP contribution in [0.2, 0.25) is 0 Å². The minimum absolute atomic E-state index is 0.358. The van der Waals surface area contributed by atoms with E-state index in [4.69, 9.17) is 10.5 Å². The maximum atomic E-state index is 11.0. The van der Waals surface area contributed by atoms with Gasteiger partial charge < -0.3 is 15.4 Å². The van der Waals surface area contributed by atoms with Crippen LogP contribution in [0.15, 0.2) is 18.2 Å². The SMILES string of the molecule is COc1ccc2c(c1)CN(C(N)=O)CC2. The predicted molar refractivity (Wildman–Crippen MR) is 56.7 cm³/mol. The maximum Gasteiger partial charge on any atom is 0.315 e. The monoisotopic (exact) mass is 206 g/mol. The number of benzene rings is 1. The number of nitrogens with zero attached hydrogens (tertiary/aromatic N) is 1. The van der Waals surface area contributed by atoms with Crippen molar-refractivity contribution < 1.29 is 9.53 Å². The Morgan fingerprint density at radius 1 is 1.47 bits per heavy atom. The highest BCUT2D eigenvalue weighted by Gasteiger charge is 2.18. The molecule has 1 aromatic carbocycles. The van der Waals surface area contributed by atoms with E-state index in [2.05, 4.69) is 0 Å². The van der Waals surface area contributed by atoms with E-state index in [9.17, 15) is 4.79 Å². The number of fused-ring (bicyclic) bond motifs is 1. The number of primary amides is 1. The molecular weight excluding hydrogens is 192 g/mol. The van der Waals surface area contributed by atoms with Crippen LogP contribution >= 0.6 is 0 Å². The van der Waals surface area contributed by atoms with E-state index >= 15 is 0 Å². The van der Waals surface area contributed by atoms with Crippen LogP contribution in [0.1, 0.15) is 11.1 Å². The molecule has 0 saturated carbocycles. The van der Waals surface area contributed by atoms with Crippen LogP contribution in [0.4, 0.5) is 4.79 Å². The third kappa shape index (κ3) is 1.88. The number of carbonyl (C=O) groups is 1. The fourth-order valence-electron chi connectivity index (χ4n) is 1.85. The molecule has 0 radical (unpaired) electrons. The van der Waals surface area contributed by atoms with Crippen molar-refractivity contribution in [2.75, 3.05) is 13.7 Å². The number of rotatable bonds is 1. The number of amides is 2. The lowest BCUT2D eigenvalue weighted by molar-refractivity contribution is 0.202. The zero-order valence-corrected chi connectivity index (χ0v) is 8.69. The Hall–Kier alpha value is -1.71. The largest absolute Gasteiger partial charge is 0.497 e. The Bertz CT molecular complexity index is 390. The summed E-state index contributed by atoms with van der Waals surface area (Å²) in [4.78, 5) is 12.7. The van der Waals surface area contributed by atoms with Crippen LogP contribution in [0.25, 0.3) is 0 Å². The Labute approximate surface area is 88.6 Å². The summed E-state index contributed by atoms with van der Waals surface area (Å²) in [6.07, 6.45) is 0.863. The Balaban J connectivity index is 2.27. The Morgan fingerprint density at radius 3 is 2.93 bits per heavy atom. The van der Waals surface area contributed by atoms with Gasteiger partial charge in [-0.3, -0.25) is 0 Å². The second-order valence-corrected chi connectivity index (χ2v) is 3.64. The second kappa shape index (κ2) is 3.81. The van der Waals surface area contributed by atoms with Crippen molar-refractivity contribution in [1.29, 1.82) is 0 Å². The molecule has 2 N–H and O–H groups in total. The van der Waals surface area contributed by atoms with Crippen molar-refractivity contribution in [3.8, 4) is 5.75 Å². The molecule has 0 aromatic heterocycles. The van der Waals surface area contributed by atoms with Gasteiger partial charge >= 0.3 is 6.03 Å². The third-order valence-electron chi connectivity index (χ3n) is 2.74. The van der Waals surface area contributed by atoms with Crippen LogP contribution in [-0.2, 0) is 13.0 Å². The molecule has 0 aliphatic carbocycles. The van der Waals surface area contributed by atoms with Crippen molar-refractivity contribution in [2.24, 2.45) is 5.73 Å². The summed E-state index contributed by atoms with van der Waals surface area (Å²) < 4.78 is 5.14. The van der Waals surface area contributed by atoms with Crippen LogP contribution in [-0.4, -0.2) is 24.6 Å². The average molecular weight is 206 g/mol. The van der Waals surface area contributed by atoms with Gasteiger partial charge in [-0.05, 0) is 29.7 Å². The van der Waals surface area contributed by atoms with Crippen molar-refractivity contribution in [1.82, 2.24) is 4.90 Å². The standard InChI is InChI=1S/C11H14N2O2/c1-15-10-3-2-8-4-5-13(11(12)14)7-9(8)6-10/h2-3,6H,4-5,7H2,1H3,(H2,12,14). The average Bonchev–Trinajstić information content (AvgIpc) is 2.27. The highest BCUT2D eigenvalue weighted by molar-refractivity contribution is 5.72. The minimum atomic E-state index is -0.358. The molecule has 1 aliphatic rings. The molecule has 4 nitrogen and oxygen atoms in total. The van der Waals surface area contributed by atoms with Crippen molar-refractivity contribution in [2.45, 2.75) is 13.0 Å². The van der Waals surface area contributed by atoms with E-state index in [1.54, 1.807) is 12.0 Å². The quantitative estimate of drug-likeness (QED) is 0.749. The lowest BCUT2D eigenvalue weighted by Gasteiger charge is -2.27. The van der Waals surface area contributed by atoms with Crippen molar-refractivity contribution >= 4 is 6.03 Å². The summed E-state index contributed by atoms with van der Waals surface area (Å²) >= 11 is 0. The van der Waals surface area contributed by atoms with E-state index in [0.29, 0.717) is 13.1 Å². The number of ether oxygens (including phenoxy) is 1. The molecule has 0 fully saturated rings. The normalized spacial score (nSPS) is 14.6. The zero-order valence-electron chi connectivity index (χ0n) is 8.69. The molecule has 0 bridgehead atoms. The lowest BCUT2D eigenvalue weighted by atomic mass is 10.00. The van der Waals surface area contributed by atoms with E-state index in [1.807, 2.05) is 18.2 Å². The summed E-state index contributed by atoms with van der Waals surface area (Å²) in [5, 5.41) is 0. The first-order chi connectivity index (χ1) is 7.20. The molecule has 1 aliphatic heterocycles. The second-order valence-electron chi connectivity index (χ2n) is 3.64. The summed E-state index contributed by atoms with van der Waals surface area (Å²) in [5.74, 6) is 0.820. The Kier molecular flexibility index (Phi) is 2.49. The van der Waals surface area contributed by atoms with Crippen LogP contribution < -0.4 is 10.5 Å². The minimum Gasteiger partial charge on any atom is -0.497 e. The van der Waals surface area contributed by atoms with Gasteiger partial charge in [0.2, 0.25) is 0 Å². The maximum absolute atomic E-state index is 11.0. The van der Waals surface area contributed by atoms with Gasteiger partial charge in [-0.25, -0.2) is 4.79 Å². The van der Waals surface area contributed by atoms with Gasteiger partial charge in [0.05, 0.1) is 7.11 Å². The van der Waals surface area contributed by atoms with E-state index in [1.165, 1.54) is 5.56 Å². The molecule has 0 saturated heterocycles. The lowest BCUT2D eigenvalue weighted by Crippen LogP contribution is -2.39. The van der Waals surface area contributed by atoms with Crippen LogP contribution in [0.3, 0.4) is 0 Å². The first-order valence-corrected chi connectivity index (χ1v) is 4.91. The third-order valence-corrected chi connectivity index (χ3v) is 2.74. The number of methoxy groups -OCH3 is 1. The molecule has 0 unspecified atom stereocenters. The summed E-state index contributed by atoms with van der Waals surface area (Å²) in [7, 11) is 1.64. The van der Waals surface area contributed by atoms with Gasteiger partial charge in [0.1, 0.15) is 5.75 Å². The summed E-state index contributed by atoms with van der Waals surface area (Å²) in [6.45, 7) is 1.29. The summed E-state index contributed by atoms with van der Waals surface area (Å²) in [5.41, 5.74) is 7.65. The van der Waals surface area contributed by atoms with E-state index in [0.717, 1.165) is 17.7 Å². The smallest absolute Gasteiger partial charge is 0.315 e. The first kappa shape index (κ1) is 9.83. The molecular formula is C11H14N2O2. The van der Waals surface area contributed by atoms with Gasteiger partial charge in [-0.1, -0.05) is 6.07 Å². The molecule has 15 heavy (non-hydrogen) atoms. The zero-order chi connectivity index (χ0) is 10.8. The first-order valence-electron chi connectivity index (χ1n) is 4.91. The van der Waals surface area contributed by atoms with Gasteiger partial charge in [0, 0.05) is 13.1 Å². The molecule has 0 spiro atoms. The van der Waals surface area contributed by atoms with Gasteiger partial charge in [0.25, 0.3) is 0 Å². The van der Waals surface area contributed by atoms with Gasteiger partial charge in [-0.15, -0.1) is 0 Å². The molecule has 1 aromatic rings. The molecule has 0 atom stereocenters. The molecule has 2 amide bonds. The number of urea groups is 1. The van der Waals surface area contributed by atoms with E-state index in [-0.39, 0.29) is 6.03 Å². The molecule has 2 rings (SSSR count). The van der Waals surface area contributed by atoms with Crippen molar-refractivity contribution in [3.05, 3.63) is 29.3 Å². The summed E-state index contributed by atoms with van der Waals surface area (Å²) in [6, 6.07) is 5.60. The van der Waals surface area contributed by atoms with Gasteiger partial charge in [0.15, 0.2) is 0 Å². The van der Waals surface area contributed by atoms with Crippen molar-refractivity contribution in [3.63, 3.8) is 0 Å². The fraction of sp³-hybridized carbons (Fsp3) is 0.364. The molecule has 4 heteroatoms.